The van der Waals surface area contributed by atoms with Crippen LogP contribution in [0.1, 0.15) is 40.3 Å². The van der Waals surface area contributed by atoms with Crippen molar-refractivity contribution in [2.45, 2.75) is 23.4 Å². The lowest BCUT2D eigenvalue weighted by Gasteiger charge is -2.57. The maximum Gasteiger partial charge on any atom is 0.0974 e. The highest BCUT2D eigenvalue weighted by atomic mass is 16.3. The second-order valence-electron chi connectivity index (χ2n) is 10.8. The second kappa shape index (κ2) is 11.0. The quantitative estimate of drug-likeness (QED) is 0.195. The molecule has 0 bridgehead atoms. The maximum absolute atomic E-state index is 14.1. The van der Waals surface area contributed by atoms with Gasteiger partial charge in [0, 0.05) is 0 Å². The predicted octanol–water partition coefficient (Wildman–Crippen LogP) is 8.81. The molecule has 0 aliphatic rings. The highest BCUT2D eigenvalue weighted by Gasteiger charge is 2.63. The Hall–Kier alpha value is -4.72. The van der Waals surface area contributed by atoms with Gasteiger partial charge >= 0.3 is 0 Å². The van der Waals surface area contributed by atoms with Crippen molar-refractivity contribution in [1.82, 2.24) is 0 Å². The minimum absolute atomic E-state index is 0.974. The van der Waals surface area contributed by atoms with Crippen molar-refractivity contribution in [3.63, 3.8) is 0 Å². The molecule has 0 aromatic heterocycles. The molecule has 1 N–H and O–H groups in total. The van der Waals surface area contributed by atoms with E-state index in [2.05, 4.69) is 146 Å². The first kappa shape index (κ1) is 26.5. The largest absolute Gasteiger partial charge is 0.387 e. The number of aliphatic hydroxyl groups is 1. The zero-order valence-corrected chi connectivity index (χ0v) is 23.3. The van der Waals surface area contributed by atoms with Gasteiger partial charge in [-0.25, -0.2) is 0 Å². The van der Waals surface area contributed by atoms with Crippen molar-refractivity contribution < 1.29 is 5.11 Å². The molecule has 1 nitrogen and oxygen atoms in total. The second-order valence-corrected chi connectivity index (χ2v) is 10.8. The summed E-state index contributed by atoms with van der Waals surface area (Å²) in [5, 5.41) is 14.1. The molecule has 0 saturated heterocycles. The first-order valence-electron chi connectivity index (χ1n) is 14.2. The highest BCUT2D eigenvalue weighted by Crippen LogP contribution is 2.59. The van der Waals surface area contributed by atoms with Gasteiger partial charge in [0.2, 0.25) is 0 Å². The van der Waals surface area contributed by atoms with Gasteiger partial charge in [0.25, 0.3) is 0 Å². The fraction of sp³-hybridized carbons (Fsp3) is 0.100. The van der Waals surface area contributed by atoms with Crippen LogP contribution in [0.5, 0.6) is 0 Å². The van der Waals surface area contributed by atoms with Gasteiger partial charge in [-0.05, 0) is 40.3 Å². The summed E-state index contributed by atoms with van der Waals surface area (Å²) < 4.78 is 0. The molecule has 1 heteroatoms. The van der Waals surface area contributed by atoms with Gasteiger partial charge in [0.15, 0.2) is 0 Å². The van der Waals surface area contributed by atoms with E-state index in [0.717, 1.165) is 33.4 Å². The zero-order chi connectivity index (χ0) is 28.2. The number of hydrogen-bond donors (Lipinski definition) is 1. The SMILES string of the molecule is CC(O)(C(c1ccccc1)(c1ccccc1)c1ccccc1)C(c1ccccc1)(c1ccccc1)c1ccccc1. The summed E-state index contributed by atoms with van der Waals surface area (Å²) >= 11 is 0. The van der Waals surface area contributed by atoms with Crippen LogP contribution >= 0.6 is 0 Å². The molecular formula is C40H34O. The van der Waals surface area contributed by atoms with Crippen molar-refractivity contribution in [3.8, 4) is 0 Å². The van der Waals surface area contributed by atoms with Crippen LogP contribution in [0.25, 0.3) is 0 Å². The van der Waals surface area contributed by atoms with Crippen molar-refractivity contribution in [2.24, 2.45) is 0 Å². The molecule has 200 valence electrons. The summed E-state index contributed by atoms with van der Waals surface area (Å²) in [6, 6.07) is 62.9. The van der Waals surface area contributed by atoms with Gasteiger partial charge in [-0.15, -0.1) is 0 Å². The number of rotatable bonds is 8. The fourth-order valence-corrected chi connectivity index (χ4v) is 7.10. The molecule has 0 saturated carbocycles. The van der Waals surface area contributed by atoms with E-state index in [9.17, 15) is 5.11 Å². The predicted molar refractivity (Wildman–Crippen MR) is 169 cm³/mol. The third-order valence-corrected chi connectivity index (χ3v) is 8.70. The van der Waals surface area contributed by atoms with Crippen LogP contribution in [0.3, 0.4) is 0 Å². The summed E-state index contributed by atoms with van der Waals surface area (Å²) in [4.78, 5) is 0. The normalized spacial score (nSPS) is 12.1. The van der Waals surface area contributed by atoms with Gasteiger partial charge in [-0.1, -0.05) is 182 Å². The molecule has 0 radical (unpaired) electrons. The maximum atomic E-state index is 14.1. The fourth-order valence-electron chi connectivity index (χ4n) is 7.10. The van der Waals surface area contributed by atoms with E-state index < -0.39 is 16.4 Å². The molecule has 0 aliphatic carbocycles. The van der Waals surface area contributed by atoms with Crippen LogP contribution in [0, 0.1) is 0 Å². The number of hydrogen-bond acceptors (Lipinski definition) is 1. The molecule has 0 amide bonds. The van der Waals surface area contributed by atoms with E-state index in [1.165, 1.54) is 0 Å². The number of benzene rings is 6. The van der Waals surface area contributed by atoms with E-state index in [1.54, 1.807) is 0 Å². The molecule has 6 rings (SSSR count). The van der Waals surface area contributed by atoms with E-state index >= 15 is 0 Å². The Kier molecular flexibility index (Phi) is 7.14. The van der Waals surface area contributed by atoms with Gasteiger partial charge in [-0.3, -0.25) is 0 Å². The Morgan fingerprint density at radius 2 is 0.439 bits per heavy atom. The van der Waals surface area contributed by atoms with Crippen LogP contribution in [0.2, 0.25) is 0 Å². The van der Waals surface area contributed by atoms with Crippen LogP contribution in [0.15, 0.2) is 182 Å². The molecule has 0 aliphatic heterocycles. The third-order valence-electron chi connectivity index (χ3n) is 8.70. The van der Waals surface area contributed by atoms with Gasteiger partial charge in [0.1, 0.15) is 0 Å². The van der Waals surface area contributed by atoms with Crippen LogP contribution < -0.4 is 0 Å². The van der Waals surface area contributed by atoms with Crippen molar-refractivity contribution >= 4 is 0 Å². The van der Waals surface area contributed by atoms with Crippen LogP contribution in [-0.4, -0.2) is 10.7 Å². The molecular weight excluding hydrogens is 496 g/mol. The standard InChI is InChI=1S/C40H34O/c1-38(41,39(32-20-8-2-9-21-32,33-22-10-3-11-23-33)34-24-12-4-13-25-34)40(35-26-14-5-15-27-35,36-28-16-6-17-29-36)37-30-18-7-19-31-37/h2-31,41H,1H3. The Morgan fingerprint density at radius 1 is 0.293 bits per heavy atom. The van der Waals surface area contributed by atoms with Crippen LogP contribution in [-0.2, 0) is 10.8 Å². The topological polar surface area (TPSA) is 20.2 Å². The Balaban J connectivity index is 1.86. The molecule has 0 spiro atoms. The lowest BCUT2D eigenvalue weighted by molar-refractivity contribution is -0.0349. The lowest BCUT2D eigenvalue weighted by atomic mass is 9.47. The first-order chi connectivity index (χ1) is 20.1. The van der Waals surface area contributed by atoms with Gasteiger partial charge in [-0.2, -0.15) is 0 Å². The monoisotopic (exact) mass is 530 g/mol. The zero-order valence-electron chi connectivity index (χ0n) is 23.3. The van der Waals surface area contributed by atoms with Crippen molar-refractivity contribution in [1.29, 1.82) is 0 Å². The molecule has 41 heavy (non-hydrogen) atoms. The van der Waals surface area contributed by atoms with Crippen molar-refractivity contribution in [3.05, 3.63) is 215 Å². The van der Waals surface area contributed by atoms with Gasteiger partial charge in [0.05, 0.1) is 16.4 Å². The smallest absolute Gasteiger partial charge is 0.0974 e. The molecule has 6 aromatic rings. The summed E-state index contributed by atoms with van der Waals surface area (Å²) in [5.41, 5.74) is 2.74. The highest BCUT2D eigenvalue weighted by molar-refractivity contribution is 5.63. The van der Waals surface area contributed by atoms with E-state index in [0.29, 0.717) is 0 Å². The lowest BCUT2D eigenvalue weighted by Crippen LogP contribution is -2.64. The van der Waals surface area contributed by atoms with E-state index in [4.69, 9.17) is 0 Å². The summed E-state index contributed by atoms with van der Waals surface area (Å²) in [6.07, 6.45) is 0. The average molecular weight is 531 g/mol. The minimum Gasteiger partial charge on any atom is -0.387 e. The van der Waals surface area contributed by atoms with Crippen molar-refractivity contribution in [2.75, 3.05) is 0 Å². The average Bonchev–Trinajstić information content (AvgIpc) is 3.05. The Labute approximate surface area is 243 Å². The van der Waals surface area contributed by atoms with Gasteiger partial charge < -0.3 is 5.11 Å². The van der Waals surface area contributed by atoms with E-state index in [-0.39, 0.29) is 0 Å². The molecule has 0 fully saturated rings. The summed E-state index contributed by atoms with van der Waals surface area (Å²) in [6.45, 7) is 2.03. The first-order valence-corrected chi connectivity index (χ1v) is 14.2. The van der Waals surface area contributed by atoms with Crippen LogP contribution in [0.4, 0.5) is 0 Å². The molecule has 6 aromatic carbocycles. The molecule has 0 heterocycles. The minimum atomic E-state index is -1.45. The summed E-state index contributed by atoms with van der Waals surface area (Å²) in [5.74, 6) is 0. The third kappa shape index (κ3) is 4.13. The molecule has 0 atom stereocenters. The summed E-state index contributed by atoms with van der Waals surface area (Å²) in [7, 11) is 0. The Bertz CT molecular complexity index is 1340. The molecule has 0 unspecified atom stereocenters. The van der Waals surface area contributed by atoms with E-state index in [1.807, 2.05) is 43.3 Å². The Morgan fingerprint density at radius 3 is 0.585 bits per heavy atom.